The lowest BCUT2D eigenvalue weighted by Crippen LogP contribution is -2.00. The highest BCUT2D eigenvalue weighted by Crippen LogP contribution is 2.18. The zero-order valence-electron chi connectivity index (χ0n) is 7.35. The highest BCUT2D eigenvalue weighted by Gasteiger charge is 2.10. The van der Waals surface area contributed by atoms with Gasteiger partial charge in [-0.3, -0.25) is 4.79 Å². The SMILES string of the molecule is CCCc1o[nH]c(=O)c1SCC. The fourth-order valence-corrected chi connectivity index (χ4v) is 1.78. The first-order valence-electron chi connectivity index (χ1n) is 4.12. The van der Waals surface area contributed by atoms with E-state index in [1.807, 2.05) is 6.92 Å². The Morgan fingerprint density at radius 1 is 1.50 bits per heavy atom. The molecule has 1 aromatic rings. The number of aryl methyl sites for hydroxylation is 1. The molecular formula is C8H13NO2S. The molecule has 0 saturated heterocycles. The molecule has 0 aliphatic heterocycles. The maximum Gasteiger partial charge on any atom is 0.293 e. The van der Waals surface area contributed by atoms with E-state index in [0.29, 0.717) is 0 Å². The van der Waals surface area contributed by atoms with Crippen LogP contribution in [0.5, 0.6) is 0 Å². The first-order chi connectivity index (χ1) is 5.79. The molecule has 1 rings (SSSR count). The molecule has 0 fully saturated rings. The molecule has 0 atom stereocenters. The molecule has 0 bridgehead atoms. The van der Waals surface area contributed by atoms with Crippen LogP contribution in [0.25, 0.3) is 0 Å². The number of nitrogens with one attached hydrogen (secondary N) is 1. The smallest absolute Gasteiger partial charge is 0.293 e. The number of aromatic amines is 1. The fraction of sp³-hybridized carbons (Fsp3) is 0.625. The predicted molar refractivity (Wildman–Crippen MR) is 49.7 cm³/mol. The van der Waals surface area contributed by atoms with Gasteiger partial charge >= 0.3 is 0 Å². The third-order valence-electron chi connectivity index (χ3n) is 1.49. The van der Waals surface area contributed by atoms with Crippen LogP contribution in [-0.2, 0) is 6.42 Å². The van der Waals surface area contributed by atoms with E-state index in [0.717, 1.165) is 29.3 Å². The van der Waals surface area contributed by atoms with Gasteiger partial charge in [0.05, 0.1) is 0 Å². The van der Waals surface area contributed by atoms with Crippen LogP contribution in [0.3, 0.4) is 0 Å². The van der Waals surface area contributed by atoms with Gasteiger partial charge in [0.1, 0.15) is 4.90 Å². The van der Waals surface area contributed by atoms with Gasteiger partial charge in [0.2, 0.25) is 0 Å². The average molecular weight is 187 g/mol. The monoisotopic (exact) mass is 187 g/mol. The van der Waals surface area contributed by atoms with Crippen molar-refractivity contribution < 1.29 is 4.52 Å². The van der Waals surface area contributed by atoms with Gasteiger partial charge in [0, 0.05) is 6.42 Å². The Kier molecular flexibility index (Phi) is 3.47. The maximum atomic E-state index is 11.1. The van der Waals surface area contributed by atoms with Crippen molar-refractivity contribution in [2.45, 2.75) is 31.6 Å². The van der Waals surface area contributed by atoms with Crippen molar-refractivity contribution in [3.05, 3.63) is 16.1 Å². The number of thioether (sulfide) groups is 1. The summed E-state index contributed by atoms with van der Waals surface area (Å²) in [6.07, 6.45) is 1.83. The van der Waals surface area contributed by atoms with Crippen LogP contribution in [0, 0.1) is 0 Å². The Labute approximate surface area is 75.5 Å². The lowest BCUT2D eigenvalue weighted by molar-refractivity contribution is 0.375. The van der Waals surface area contributed by atoms with Crippen LogP contribution in [0.4, 0.5) is 0 Å². The Bertz CT molecular complexity index is 289. The first kappa shape index (κ1) is 9.45. The lowest BCUT2D eigenvalue weighted by Gasteiger charge is -1.94. The first-order valence-corrected chi connectivity index (χ1v) is 5.11. The molecule has 68 valence electrons. The number of hydrogen-bond acceptors (Lipinski definition) is 3. The minimum absolute atomic E-state index is 0.0923. The van der Waals surface area contributed by atoms with E-state index in [9.17, 15) is 4.79 Å². The molecule has 0 spiro atoms. The third-order valence-corrected chi connectivity index (χ3v) is 2.48. The van der Waals surface area contributed by atoms with Crippen molar-refractivity contribution in [2.24, 2.45) is 0 Å². The van der Waals surface area contributed by atoms with E-state index in [-0.39, 0.29) is 5.56 Å². The summed E-state index contributed by atoms with van der Waals surface area (Å²) in [5.41, 5.74) is -0.0923. The molecule has 0 aliphatic rings. The van der Waals surface area contributed by atoms with E-state index in [1.54, 1.807) is 0 Å². The Balaban J connectivity index is 2.87. The molecule has 1 heterocycles. The number of H-pyrrole nitrogens is 1. The summed E-state index contributed by atoms with van der Waals surface area (Å²) in [6.45, 7) is 4.08. The summed E-state index contributed by atoms with van der Waals surface area (Å²) < 4.78 is 5.03. The second-order valence-corrected chi connectivity index (χ2v) is 3.74. The predicted octanol–water partition coefficient (Wildman–Crippen LogP) is 2.03. The van der Waals surface area contributed by atoms with Gasteiger partial charge in [0.15, 0.2) is 5.76 Å². The van der Waals surface area contributed by atoms with Crippen molar-refractivity contribution in [1.82, 2.24) is 5.16 Å². The van der Waals surface area contributed by atoms with E-state index in [2.05, 4.69) is 12.1 Å². The molecule has 3 nitrogen and oxygen atoms in total. The van der Waals surface area contributed by atoms with Gasteiger partial charge in [0.25, 0.3) is 5.56 Å². The van der Waals surface area contributed by atoms with Crippen LogP contribution >= 0.6 is 11.8 Å². The van der Waals surface area contributed by atoms with Gasteiger partial charge < -0.3 is 4.52 Å². The lowest BCUT2D eigenvalue weighted by atomic mass is 10.3. The van der Waals surface area contributed by atoms with Crippen molar-refractivity contribution in [1.29, 1.82) is 0 Å². The topological polar surface area (TPSA) is 46.0 Å². The molecule has 1 aromatic heterocycles. The van der Waals surface area contributed by atoms with Crippen molar-refractivity contribution in [3.8, 4) is 0 Å². The summed E-state index contributed by atoms with van der Waals surface area (Å²) in [5, 5.41) is 2.36. The highest BCUT2D eigenvalue weighted by atomic mass is 32.2. The second-order valence-electron chi connectivity index (χ2n) is 2.47. The van der Waals surface area contributed by atoms with Crippen LogP contribution in [0.2, 0.25) is 0 Å². The van der Waals surface area contributed by atoms with E-state index in [1.165, 1.54) is 11.8 Å². The van der Waals surface area contributed by atoms with Crippen LogP contribution in [0.15, 0.2) is 14.2 Å². The van der Waals surface area contributed by atoms with Gasteiger partial charge in [-0.2, -0.15) is 5.16 Å². The molecule has 0 saturated carbocycles. The Morgan fingerprint density at radius 3 is 2.83 bits per heavy atom. The van der Waals surface area contributed by atoms with Crippen LogP contribution < -0.4 is 5.56 Å². The molecule has 1 N–H and O–H groups in total. The molecule has 0 aliphatic carbocycles. The van der Waals surface area contributed by atoms with Crippen LogP contribution in [-0.4, -0.2) is 10.9 Å². The standard InChI is InChI=1S/C8H13NO2S/c1-3-5-6-7(12-4-2)8(10)9-11-6/h3-5H2,1-2H3,(H,9,10). The minimum atomic E-state index is -0.0923. The van der Waals surface area contributed by atoms with Gasteiger partial charge in [-0.05, 0) is 12.2 Å². The van der Waals surface area contributed by atoms with Crippen molar-refractivity contribution in [3.63, 3.8) is 0 Å². The van der Waals surface area contributed by atoms with Gasteiger partial charge in [-0.25, -0.2) is 0 Å². The third kappa shape index (κ3) is 1.94. The minimum Gasteiger partial charge on any atom is -0.382 e. The number of aromatic nitrogens is 1. The average Bonchev–Trinajstić information content (AvgIpc) is 2.37. The normalized spacial score (nSPS) is 10.5. The maximum absolute atomic E-state index is 11.1. The van der Waals surface area contributed by atoms with Crippen LogP contribution in [0.1, 0.15) is 26.0 Å². The van der Waals surface area contributed by atoms with E-state index in [4.69, 9.17) is 4.52 Å². The van der Waals surface area contributed by atoms with Crippen molar-refractivity contribution >= 4 is 11.8 Å². The molecule has 0 amide bonds. The van der Waals surface area contributed by atoms with Gasteiger partial charge in [-0.15, -0.1) is 11.8 Å². The molecule has 0 unspecified atom stereocenters. The Morgan fingerprint density at radius 2 is 2.25 bits per heavy atom. The summed E-state index contributed by atoms with van der Waals surface area (Å²) >= 11 is 1.54. The highest BCUT2D eigenvalue weighted by molar-refractivity contribution is 7.99. The second kappa shape index (κ2) is 4.40. The molecule has 4 heteroatoms. The van der Waals surface area contributed by atoms with Gasteiger partial charge in [-0.1, -0.05) is 13.8 Å². The molecule has 0 radical (unpaired) electrons. The molecule has 0 aromatic carbocycles. The Hall–Kier alpha value is -0.640. The zero-order valence-corrected chi connectivity index (χ0v) is 8.16. The van der Waals surface area contributed by atoms with E-state index < -0.39 is 0 Å². The number of hydrogen-bond donors (Lipinski definition) is 1. The zero-order chi connectivity index (χ0) is 8.97. The van der Waals surface area contributed by atoms with E-state index >= 15 is 0 Å². The summed E-state index contributed by atoms with van der Waals surface area (Å²) in [4.78, 5) is 11.9. The largest absolute Gasteiger partial charge is 0.382 e. The quantitative estimate of drug-likeness (QED) is 0.734. The molecular weight excluding hydrogens is 174 g/mol. The summed E-state index contributed by atoms with van der Waals surface area (Å²) in [6, 6.07) is 0. The fourth-order valence-electron chi connectivity index (χ4n) is 1.01. The molecule has 12 heavy (non-hydrogen) atoms. The number of rotatable bonds is 4. The summed E-state index contributed by atoms with van der Waals surface area (Å²) in [7, 11) is 0. The van der Waals surface area contributed by atoms with Crippen molar-refractivity contribution in [2.75, 3.05) is 5.75 Å². The summed E-state index contributed by atoms with van der Waals surface area (Å²) in [5.74, 6) is 1.70.